The normalized spacial score (nSPS) is 22.9. The average Bonchev–Trinajstić information content (AvgIpc) is 2.64. The lowest BCUT2D eigenvalue weighted by Gasteiger charge is -2.31. The second kappa shape index (κ2) is 7.82. The number of hydrogen-bond donors (Lipinski definition) is 0. The first kappa shape index (κ1) is 21.4. The molecule has 0 aromatic heterocycles. The van der Waals surface area contributed by atoms with E-state index in [1.54, 1.807) is 32.9 Å². The Balaban J connectivity index is 2.13. The van der Waals surface area contributed by atoms with Crippen molar-refractivity contribution in [2.24, 2.45) is 0 Å². The molecule has 0 atom stereocenters. The van der Waals surface area contributed by atoms with Crippen molar-refractivity contribution in [3.05, 3.63) is 34.9 Å². The van der Waals surface area contributed by atoms with Gasteiger partial charge in [0, 0.05) is 11.6 Å². The largest absolute Gasteiger partial charge is 0.465 e. The Morgan fingerprint density at radius 1 is 1.14 bits per heavy atom. The van der Waals surface area contributed by atoms with Crippen LogP contribution in [-0.4, -0.2) is 38.3 Å². The lowest BCUT2D eigenvalue weighted by molar-refractivity contribution is -0.148. The molecule has 4 bridgehead atoms. The van der Waals surface area contributed by atoms with Crippen LogP contribution in [0, 0.1) is 0 Å². The van der Waals surface area contributed by atoms with Gasteiger partial charge in [0.2, 0.25) is 0 Å². The zero-order valence-electron chi connectivity index (χ0n) is 17.1. The Hall–Kier alpha value is -2.35. The molecule has 0 radical (unpaired) electrons. The highest BCUT2D eigenvalue weighted by atomic mass is 32.2. The number of esters is 2. The van der Waals surface area contributed by atoms with Crippen molar-refractivity contribution >= 4 is 28.1 Å². The van der Waals surface area contributed by atoms with Gasteiger partial charge in [-0.05, 0) is 76.1 Å². The molecule has 0 N–H and O–H groups in total. The van der Waals surface area contributed by atoms with Gasteiger partial charge in [-0.15, -0.1) is 0 Å². The molecule has 1 aliphatic carbocycles. The zero-order valence-corrected chi connectivity index (χ0v) is 17.9. The van der Waals surface area contributed by atoms with Crippen molar-refractivity contribution in [2.75, 3.05) is 7.11 Å². The topological polar surface area (TPSA) is 96.0 Å². The number of carbonyl (C=O) groups is 2. The minimum absolute atomic E-state index is 0.0324. The Labute approximate surface area is 171 Å². The molecule has 1 aromatic rings. The van der Waals surface area contributed by atoms with Crippen LogP contribution in [0.25, 0.3) is 6.08 Å². The number of ether oxygens (including phenoxy) is 2. The van der Waals surface area contributed by atoms with Crippen LogP contribution >= 0.6 is 0 Å². The van der Waals surface area contributed by atoms with Crippen molar-refractivity contribution in [1.29, 1.82) is 0 Å². The van der Waals surface area contributed by atoms with E-state index in [0.717, 1.165) is 5.56 Å². The van der Waals surface area contributed by atoms with Gasteiger partial charge < -0.3 is 13.7 Å². The van der Waals surface area contributed by atoms with E-state index in [9.17, 15) is 18.0 Å². The van der Waals surface area contributed by atoms with Gasteiger partial charge in [-0.1, -0.05) is 0 Å². The molecule has 1 saturated carbocycles. The Morgan fingerprint density at radius 2 is 1.79 bits per heavy atom. The van der Waals surface area contributed by atoms with Crippen LogP contribution in [0.3, 0.4) is 0 Å². The van der Waals surface area contributed by atoms with Gasteiger partial charge in [-0.3, -0.25) is 0 Å². The van der Waals surface area contributed by atoms with E-state index in [4.69, 9.17) is 13.7 Å². The molecule has 7 nitrogen and oxygen atoms in total. The van der Waals surface area contributed by atoms with E-state index in [2.05, 4.69) is 0 Å². The van der Waals surface area contributed by atoms with Crippen molar-refractivity contribution in [2.45, 2.75) is 63.2 Å². The van der Waals surface area contributed by atoms with Crippen molar-refractivity contribution < 1.29 is 31.7 Å². The minimum atomic E-state index is -3.93. The molecule has 158 valence electrons. The van der Waals surface area contributed by atoms with Crippen molar-refractivity contribution in [3.63, 3.8) is 0 Å². The van der Waals surface area contributed by atoms with Gasteiger partial charge in [0.25, 0.3) is 0 Å². The van der Waals surface area contributed by atoms with Crippen molar-refractivity contribution in [3.8, 4) is 5.75 Å². The molecular weight excluding hydrogens is 396 g/mol. The van der Waals surface area contributed by atoms with Crippen LogP contribution in [0.5, 0.6) is 5.75 Å². The third-order valence-corrected chi connectivity index (χ3v) is 6.79. The highest BCUT2D eigenvalue weighted by Gasteiger charge is 2.37. The minimum Gasteiger partial charge on any atom is -0.465 e. The molecule has 5 aliphatic rings. The van der Waals surface area contributed by atoms with Crippen LogP contribution in [0.1, 0.15) is 73.9 Å². The number of methoxy groups -OCH3 is 1. The molecule has 0 unspecified atom stereocenters. The molecule has 1 fully saturated rings. The predicted octanol–water partition coefficient (Wildman–Crippen LogP) is 3.58. The Bertz CT molecular complexity index is 946. The smallest absolute Gasteiger partial charge is 0.341 e. The molecule has 0 amide bonds. The van der Waals surface area contributed by atoms with E-state index >= 15 is 0 Å². The van der Waals surface area contributed by atoms with Gasteiger partial charge in [0.15, 0.2) is 5.75 Å². The maximum Gasteiger partial charge on any atom is 0.341 e. The molecular formula is C21H26O7S. The summed E-state index contributed by atoms with van der Waals surface area (Å²) in [5.74, 6) is -1.26. The van der Waals surface area contributed by atoms with Crippen molar-refractivity contribution in [1.82, 2.24) is 0 Å². The Morgan fingerprint density at radius 3 is 2.38 bits per heavy atom. The molecule has 1 aromatic carbocycles. The summed E-state index contributed by atoms with van der Waals surface area (Å²) in [6.07, 6.45) is 5.02. The molecule has 29 heavy (non-hydrogen) atoms. The quantitative estimate of drug-likeness (QED) is 0.417. The summed E-state index contributed by atoms with van der Waals surface area (Å²) in [6.45, 7) is 5.25. The van der Waals surface area contributed by atoms with Gasteiger partial charge in [-0.25, -0.2) is 9.59 Å². The number of rotatable bonds is 3. The first-order chi connectivity index (χ1) is 13.5. The first-order valence-corrected chi connectivity index (χ1v) is 11.1. The summed E-state index contributed by atoms with van der Waals surface area (Å²) in [5.41, 5.74) is 0.595. The summed E-state index contributed by atoms with van der Waals surface area (Å²) in [7, 11) is -2.71. The molecule has 0 spiro atoms. The number of carbonyl (C=O) groups excluding carboxylic acids is 2. The van der Waals surface area contributed by atoms with Crippen LogP contribution in [0.4, 0.5) is 0 Å². The van der Waals surface area contributed by atoms with E-state index in [1.165, 1.54) is 19.3 Å². The summed E-state index contributed by atoms with van der Waals surface area (Å²) in [5, 5.41) is -0.610. The summed E-state index contributed by atoms with van der Waals surface area (Å²) in [6, 6.07) is 3.41. The van der Waals surface area contributed by atoms with E-state index in [-0.39, 0.29) is 17.2 Å². The van der Waals surface area contributed by atoms with Crippen LogP contribution in [0.15, 0.2) is 18.2 Å². The van der Waals surface area contributed by atoms with E-state index in [0.29, 0.717) is 31.2 Å². The second-order valence-corrected chi connectivity index (χ2v) is 10.2. The lowest BCUT2D eigenvalue weighted by Crippen LogP contribution is -2.32. The van der Waals surface area contributed by atoms with Gasteiger partial charge in [0.05, 0.1) is 12.4 Å². The summed E-state index contributed by atoms with van der Waals surface area (Å²) < 4.78 is 41.2. The highest BCUT2D eigenvalue weighted by Crippen LogP contribution is 2.42. The van der Waals surface area contributed by atoms with E-state index < -0.39 is 32.9 Å². The maximum atomic E-state index is 12.8. The number of benzene rings is 1. The van der Waals surface area contributed by atoms with Crippen LogP contribution < -0.4 is 4.18 Å². The second-order valence-electron chi connectivity index (χ2n) is 8.39. The number of hydrogen-bond acceptors (Lipinski definition) is 7. The third-order valence-electron chi connectivity index (χ3n) is 5.10. The monoisotopic (exact) mass is 422 g/mol. The molecule has 8 heteroatoms. The fourth-order valence-electron chi connectivity index (χ4n) is 3.75. The van der Waals surface area contributed by atoms with E-state index in [1.807, 2.05) is 0 Å². The molecule has 6 rings (SSSR count). The Kier molecular flexibility index (Phi) is 5.76. The average molecular weight is 422 g/mol. The SMILES string of the molecule is COC(=O)c1cc2cc(C=CC(=O)OC(C)(C)C)c1OS(=O)(=O)C1CCC2CC1. The lowest BCUT2D eigenvalue weighted by atomic mass is 9.82. The zero-order chi connectivity index (χ0) is 21.4. The fraction of sp³-hybridized carbons (Fsp3) is 0.524. The van der Waals surface area contributed by atoms with Crippen LogP contribution in [0.2, 0.25) is 0 Å². The van der Waals surface area contributed by atoms with Crippen LogP contribution in [-0.2, 0) is 24.4 Å². The van der Waals surface area contributed by atoms with Gasteiger partial charge in [-0.2, -0.15) is 8.42 Å². The predicted molar refractivity (Wildman–Crippen MR) is 107 cm³/mol. The third kappa shape index (κ3) is 4.80. The molecule has 4 heterocycles. The van der Waals surface area contributed by atoms with Gasteiger partial charge >= 0.3 is 22.1 Å². The molecule has 4 aliphatic heterocycles. The highest BCUT2D eigenvalue weighted by molar-refractivity contribution is 7.87. The molecule has 0 saturated heterocycles. The fourth-order valence-corrected chi connectivity index (χ4v) is 5.16. The van der Waals surface area contributed by atoms with Gasteiger partial charge in [0.1, 0.15) is 11.2 Å². The maximum absolute atomic E-state index is 12.8. The summed E-state index contributed by atoms with van der Waals surface area (Å²) >= 11 is 0. The summed E-state index contributed by atoms with van der Waals surface area (Å²) in [4.78, 5) is 24.5. The standard InChI is InChI=1S/C21H26O7S/c1-21(2,3)27-18(22)10-7-14-11-15-12-17(20(23)26-4)19(14)28-29(24,25)16-8-5-13(15)6-9-16/h7,10-13,16H,5-6,8-9H2,1-4H3. The first-order valence-electron chi connectivity index (χ1n) is 9.61.